The summed E-state index contributed by atoms with van der Waals surface area (Å²) < 4.78 is 48.6. The van der Waals surface area contributed by atoms with E-state index in [1.165, 1.54) is 12.3 Å². The Bertz CT molecular complexity index is 798. The number of aliphatic hydroxyl groups excluding tert-OH is 1. The number of carboxylic acids is 1. The summed E-state index contributed by atoms with van der Waals surface area (Å²) in [7, 11) is 0. The number of halogens is 3. The first kappa shape index (κ1) is 20.4. The number of aliphatic carboxylic acids is 1. The average molecular weight is 397 g/mol. The Hall–Kier alpha value is -2.87. The molecule has 2 aliphatic rings. The molecule has 3 heterocycles. The molecule has 0 aliphatic carbocycles. The second kappa shape index (κ2) is 7.03. The number of nitrogen functional groups attached to an aromatic ring is 1. The van der Waals surface area contributed by atoms with Crippen molar-refractivity contribution in [1.82, 2.24) is 9.55 Å². The Morgan fingerprint density at radius 1 is 1.44 bits per heavy atom. The van der Waals surface area contributed by atoms with Crippen LogP contribution in [0, 0.1) is 0 Å². The predicted octanol–water partition coefficient (Wildman–Crippen LogP) is -0.357. The number of nitrogens with zero attached hydrogens (tertiary/aromatic N) is 2. The molecule has 0 unspecified atom stereocenters. The first-order valence-corrected chi connectivity index (χ1v) is 7.21. The maximum Gasteiger partial charge on any atom is 0.509 e. The molecule has 0 spiro atoms. The van der Waals surface area contributed by atoms with Crippen molar-refractivity contribution >= 4 is 17.9 Å². The van der Waals surface area contributed by atoms with Crippen LogP contribution >= 0.6 is 0 Å². The summed E-state index contributed by atoms with van der Waals surface area (Å²) in [5.74, 6) is -2.68. The van der Waals surface area contributed by atoms with Gasteiger partial charge in [0.1, 0.15) is 11.9 Å². The van der Waals surface area contributed by atoms with Crippen LogP contribution in [0.1, 0.15) is 13.2 Å². The van der Waals surface area contributed by atoms with Crippen LogP contribution in [0.5, 0.6) is 0 Å². The van der Waals surface area contributed by atoms with Gasteiger partial charge in [-0.3, -0.25) is 4.57 Å². The number of rotatable bonds is 2. The van der Waals surface area contributed by atoms with E-state index in [1.54, 1.807) is 6.92 Å². The van der Waals surface area contributed by atoms with Gasteiger partial charge in [0, 0.05) is 6.20 Å². The molecule has 0 amide bonds. The lowest BCUT2D eigenvalue weighted by molar-refractivity contribution is -0.192. The van der Waals surface area contributed by atoms with Crippen molar-refractivity contribution in [3.05, 3.63) is 22.7 Å². The third-order valence-electron chi connectivity index (χ3n) is 3.75. The molecule has 14 heteroatoms. The molecule has 0 aromatic carbocycles. The SMILES string of the molecule is C[C@@]12OC(=O)O[C@@H]1[C@@H](CO)O[C@H]2n1ccc(N)nc1=O.O=C(O)C(F)(F)F. The number of nitrogens with two attached hydrogens (primary N) is 1. The molecular formula is C13H14F3N3O8. The predicted molar refractivity (Wildman–Crippen MR) is 77.4 cm³/mol. The lowest BCUT2D eigenvalue weighted by Gasteiger charge is -2.26. The normalized spacial score (nSPS) is 29.2. The van der Waals surface area contributed by atoms with E-state index in [1.807, 2.05) is 0 Å². The van der Waals surface area contributed by atoms with Crippen molar-refractivity contribution in [3.8, 4) is 0 Å². The Labute approximate surface area is 148 Å². The number of hydrogen-bond donors (Lipinski definition) is 3. The van der Waals surface area contributed by atoms with Crippen molar-refractivity contribution in [3.63, 3.8) is 0 Å². The number of anilines is 1. The van der Waals surface area contributed by atoms with Gasteiger partial charge in [0.05, 0.1) is 6.61 Å². The van der Waals surface area contributed by atoms with Gasteiger partial charge in [-0.15, -0.1) is 0 Å². The average Bonchev–Trinajstić information content (AvgIpc) is 2.97. The molecule has 4 atom stereocenters. The molecule has 3 rings (SSSR count). The fraction of sp³-hybridized carbons (Fsp3) is 0.538. The standard InChI is InChI=1S/C11H13N3O6.C2HF3O2/c1-11-7(19-10(17)20-11)5(4-15)18-8(11)14-3-2-6(12)13-9(14)16;3-2(4,5)1(6)7/h2-3,5,7-8,15H,4H2,1H3,(H2,12,13,16);(H,6,7)/t5-,7-,8-,11-;/m1./s1. The molecule has 2 fully saturated rings. The number of aromatic nitrogens is 2. The van der Waals surface area contributed by atoms with Gasteiger partial charge in [0.15, 0.2) is 17.9 Å². The highest BCUT2D eigenvalue weighted by atomic mass is 19.4. The van der Waals surface area contributed by atoms with Crippen LogP contribution < -0.4 is 11.4 Å². The van der Waals surface area contributed by atoms with E-state index < -0.39 is 48.0 Å². The van der Waals surface area contributed by atoms with Gasteiger partial charge in [-0.25, -0.2) is 14.4 Å². The highest BCUT2D eigenvalue weighted by Crippen LogP contribution is 2.45. The second-order valence-electron chi connectivity index (χ2n) is 5.63. The van der Waals surface area contributed by atoms with E-state index in [2.05, 4.69) is 4.98 Å². The van der Waals surface area contributed by atoms with Gasteiger partial charge in [-0.05, 0) is 13.0 Å². The number of carbonyl (C=O) groups is 2. The van der Waals surface area contributed by atoms with Crippen molar-refractivity contribution in [2.24, 2.45) is 0 Å². The number of hydrogen-bond acceptors (Lipinski definition) is 9. The summed E-state index contributed by atoms with van der Waals surface area (Å²) in [4.78, 5) is 35.7. The molecule has 0 bridgehead atoms. The Morgan fingerprint density at radius 2 is 2.04 bits per heavy atom. The van der Waals surface area contributed by atoms with E-state index in [0.717, 1.165) is 4.57 Å². The Balaban J connectivity index is 0.000000321. The topological polar surface area (TPSA) is 163 Å². The highest BCUT2D eigenvalue weighted by molar-refractivity contribution is 5.73. The Morgan fingerprint density at radius 3 is 2.52 bits per heavy atom. The minimum absolute atomic E-state index is 0.0734. The van der Waals surface area contributed by atoms with Crippen molar-refractivity contribution < 1.29 is 47.2 Å². The molecular weight excluding hydrogens is 383 g/mol. The largest absolute Gasteiger partial charge is 0.509 e. The molecule has 1 aromatic rings. The van der Waals surface area contributed by atoms with Gasteiger partial charge in [0.25, 0.3) is 0 Å². The van der Waals surface area contributed by atoms with Crippen LogP contribution in [0.25, 0.3) is 0 Å². The number of carboxylic acid groups (broad SMARTS) is 1. The molecule has 150 valence electrons. The number of carbonyl (C=O) groups excluding carboxylic acids is 1. The number of ether oxygens (including phenoxy) is 3. The number of aliphatic hydroxyl groups is 1. The molecule has 11 nitrogen and oxygen atoms in total. The van der Waals surface area contributed by atoms with Crippen LogP contribution in [0.15, 0.2) is 17.1 Å². The van der Waals surface area contributed by atoms with Gasteiger partial charge in [-0.2, -0.15) is 18.2 Å². The van der Waals surface area contributed by atoms with E-state index in [-0.39, 0.29) is 12.4 Å². The zero-order chi connectivity index (χ0) is 20.6. The van der Waals surface area contributed by atoms with Crippen LogP contribution in [0.2, 0.25) is 0 Å². The molecule has 2 saturated heterocycles. The maximum absolute atomic E-state index is 11.9. The highest BCUT2D eigenvalue weighted by Gasteiger charge is 2.64. The molecule has 27 heavy (non-hydrogen) atoms. The first-order valence-electron chi connectivity index (χ1n) is 7.21. The lowest BCUT2D eigenvalue weighted by atomic mass is 9.96. The van der Waals surface area contributed by atoms with Crippen LogP contribution in [0.4, 0.5) is 23.8 Å². The van der Waals surface area contributed by atoms with E-state index in [9.17, 15) is 27.9 Å². The van der Waals surface area contributed by atoms with Gasteiger partial charge < -0.3 is 30.2 Å². The van der Waals surface area contributed by atoms with E-state index in [0.29, 0.717) is 0 Å². The summed E-state index contributed by atoms with van der Waals surface area (Å²) in [5.41, 5.74) is 3.57. The zero-order valence-corrected chi connectivity index (χ0v) is 13.5. The lowest BCUT2D eigenvalue weighted by Crippen LogP contribution is -2.44. The minimum Gasteiger partial charge on any atom is -0.475 e. The fourth-order valence-corrected chi connectivity index (χ4v) is 2.58. The van der Waals surface area contributed by atoms with Gasteiger partial charge in [-0.1, -0.05) is 0 Å². The Kier molecular flexibility index (Phi) is 5.33. The van der Waals surface area contributed by atoms with Gasteiger partial charge in [0.2, 0.25) is 0 Å². The smallest absolute Gasteiger partial charge is 0.475 e. The molecule has 1 aromatic heterocycles. The number of fused-ring (bicyclic) bond motifs is 1. The summed E-state index contributed by atoms with van der Waals surface area (Å²) in [6.45, 7) is 1.20. The van der Waals surface area contributed by atoms with Crippen molar-refractivity contribution in [2.45, 2.75) is 37.1 Å². The van der Waals surface area contributed by atoms with E-state index >= 15 is 0 Å². The van der Waals surface area contributed by atoms with Crippen LogP contribution in [-0.2, 0) is 19.0 Å². The summed E-state index contributed by atoms with van der Waals surface area (Å²) in [6, 6.07) is 1.42. The van der Waals surface area contributed by atoms with Crippen molar-refractivity contribution in [2.75, 3.05) is 12.3 Å². The first-order chi connectivity index (χ1) is 12.4. The van der Waals surface area contributed by atoms with Crippen LogP contribution in [0.3, 0.4) is 0 Å². The number of alkyl halides is 3. The minimum atomic E-state index is -5.08. The maximum atomic E-state index is 11.9. The quantitative estimate of drug-likeness (QED) is 0.562. The van der Waals surface area contributed by atoms with Crippen molar-refractivity contribution in [1.29, 1.82) is 0 Å². The third kappa shape index (κ3) is 3.95. The van der Waals surface area contributed by atoms with E-state index in [4.69, 9.17) is 29.8 Å². The molecule has 4 N–H and O–H groups in total. The molecule has 0 saturated carbocycles. The zero-order valence-electron chi connectivity index (χ0n) is 13.5. The molecule has 2 aliphatic heterocycles. The summed E-state index contributed by atoms with van der Waals surface area (Å²) in [6.07, 6.45) is -7.07. The summed E-state index contributed by atoms with van der Waals surface area (Å²) in [5, 5.41) is 16.4. The third-order valence-corrected chi connectivity index (χ3v) is 3.75. The van der Waals surface area contributed by atoms with Crippen LogP contribution in [-0.4, -0.2) is 62.5 Å². The fourth-order valence-electron chi connectivity index (χ4n) is 2.58. The second-order valence-corrected chi connectivity index (χ2v) is 5.63. The van der Waals surface area contributed by atoms with Gasteiger partial charge >= 0.3 is 24.0 Å². The summed E-state index contributed by atoms with van der Waals surface area (Å²) >= 11 is 0. The molecule has 0 radical (unpaired) electrons. The monoisotopic (exact) mass is 397 g/mol.